The van der Waals surface area contributed by atoms with E-state index in [0.29, 0.717) is 17.1 Å². The highest BCUT2D eigenvalue weighted by molar-refractivity contribution is 7.45. The Morgan fingerprint density at radius 1 is 1.13 bits per heavy atom. The minimum atomic E-state index is -4.95. The first kappa shape index (κ1) is 27.5. The third-order valence-electron chi connectivity index (χ3n) is 5.39. The van der Waals surface area contributed by atoms with Crippen LogP contribution in [0.1, 0.15) is 18.9 Å². The lowest BCUT2D eigenvalue weighted by Crippen LogP contribution is -2.42. The number of aliphatic hydroxyl groups is 1. The molecule has 1 aliphatic heterocycles. The number of carbonyl (C=O) groups excluding carboxylic acids is 1. The molecule has 5 rings (SSSR count). The van der Waals surface area contributed by atoms with Gasteiger partial charge in [-0.2, -0.15) is 18.0 Å². The average molecular weight is 562 g/mol. The summed E-state index contributed by atoms with van der Waals surface area (Å²) in [6.45, 7) is -0.566. The number of hydrogen-bond acceptors (Lipinski definition) is 8. The van der Waals surface area contributed by atoms with Crippen molar-refractivity contribution in [3.05, 3.63) is 42.3 Å². The maximum absolute atomic E-state index is 14.8. The molecule has 2 fully saturated rings. The number of aromatic nitrogens is 5. The maximum atomic E-state index is 14.8. The molecule has 1 amide bonds. The van der Waals surface area contributed by atoms with Crippen molar-refractivity contribution in [3.63, 3.8) is 0 Å². The number of anilines is 1. The number of hydrogen-bond donors (Lipinski definition) is 4. The molecule has 1 saturated heterocycles. The fraction of sp³-hybridized carbons (Fsp3) is 0.350. The van der Waals surface area contributed by atoms with Crippen LogP contribution < -0.4 is 4.90 Å². The van der Waals surface area contributed by atoms with Gasteiger partial charge in [0.05, 0.1) is 18.3 Å². The van der Waals surface area contributed by atoms with Crippen molar-refractivity contribution in [3.8, 4) is 22.6 Å². The van der Waals surface area contributed by atoms with E-state index in [4.69, 9.17) is 19.2 Å². The van der Waals surface area contributed by atoms with Crippen LogP contribution in [0, 0.1) is 5.82 Å². The number of alkyl halides is 3. The zero-order chi connectivity index (χ0) is 27.8. The maximum Gasteiger partial charge on any atom is 0.466 e. The zero-order valence-corrected chi connectivity index (χ0v) is 19.9. The Bertz CT molecular complexity index is 1350. The predicted molar refractivity (Wildman–Crippen MR) is 119 cm³/mol. The van der Waals surface area contributed by atoms with Crippen LogP contribution >= 0.6 is 7.82 Å². The first-order valence-electron chi connectivity index (χ1n) is 10.8. The number of pyridine rings is 1. The van der Waals surface area contributed by atoms with E-state index in [-0.39, 0.29) is 17.3 Å². The molecular formula is C20H19F4N6O7P. The molecule has 18 heteroatoms. The van der Waals surface area contributed by atoms with Crippen LogP contribution in [0.2, 0.25) is 0 Å². The summed E-state index contributed by atoms with van der Waals surface area (Å²) in [7, 11) is -4.64. The van der Waals surface area contributed by atoms with Gasteiger partial charge < -0.3 is 24.5 Å². The van der Waals surface area contributed by atoms with Gasteiger partial charge in [0.15, 0.2) is 12.2 Å². The van der Waals surface area contributed by atoms with Crippen LogP contribution in [0.3, 0.4) is 0 Å². The number of carbonyl (C=O) groups is 1. The van der Waals surface area contributed by atoms with Crippen molar-refractivity contribution in [1.82, 2.24) is 25.2 Å². The fourth-order valence-corrected chi connectivity index (χ4v) is 3.45. The Balaban J connectivity index is 0.000000617. The quantitative estimate of drug-likeness (QED) is 0.264. The molecule has 1 aromatic carbocycles. The Hall–Kier alpha value is -3.50. The molecule has 38 heavy (non-hydrogen) atoms. The normalized spacial score (nSPS) is 18.6. The van der Waals surface area contributed by atoms with E-state index in [2.05, 4.69) is 25.1 Å². The second-order valence-corrected chi connectivity index (χ2v) is 9.32. The Kier molecular flexibility index (Phi) is 7.49. The second kappa shape index (κ2) is 10.3. The third kappa shape index (κ3) is 6.68. The molecule has 1 aliphatic carbocycles. The summed E-state index contributed by atoms with van der Waals surface area (Å²) in [4.78, 5) is 40.2. The van der Waals surface area contributed by atoms with Gasteiger partial charge in [-0.05, 0) is 42.3 Å². The van der Waals surface area contributed by atoms with E-state index in [1.165, 1.54) is 18.3 Å². The summed E-state index contributed by atoms with van der Waals surface area (Å²) in [5, 5.41) is 21.6. The summed E-state index contributed by atoms with van der Waals surface area (Å²) in [5.74, 6) is -0.361. The second-order valence-electron chi connectivity index (χ2n) is 8.29. The topological polar surface area (TPSA) is 184 Å². The molecule has 2 aliphatic rings. The molecule has 2 aromatic heterocycles. The smallest absolute Gasteiger partial charge is 0.441 e. The Labute approximate surface area is 210 Å². The summed E-state index contributed by atoms with van der Waals surface area (Å²) in [5.41, 5.74) is 1.08. The number of phosphoric acid groups is 1. The Morgan fingerprint density at radius 2 is 1.82 bits per heavy atom. The molecule has 3 aromatic rings. The molecule has 3 heterocycles. The molecule has 0 spiro atoms. The summed E-state index contributed by atoms with van der Waals surface area (Å²) in [6.07, 6.45) is -7.23. The van der Waals surface area contributed by atoms with Crippen LogP contribution in [0.4, 0.5) is 28.0 Å². The van der Waals surface area contributed by atoms with E-state index in [0.717, 1.165) is 23.8 Å². The zero-order valence-electron chi connectivity index (χ0n) is 19.0. The molecule has 1 unspecified atom stereocenters. The lowest BCUT2D eigenvalue weighted by Gasteiger charge is -2.19. The van der Waals surface area contributed by atoms with Gasteiger partial charge in [0.2, 0.25) is 5.82 Å². The number of rotatable bonds is 5. The average Bonchev–Trinajstić information content (AvgIpc) is 3.42. The van der Waals surface area contributed by atoms with Crippen molar-refractivity contribution >= 4 is 19.6 Å². The number of tetrazole rings is 1. The predicted octanol–water partition coefficient (Wildman–Crippen LogP) is 2.20. The van der Waals surface area contributed by atoms with Crippen molar-refractivity contribution in [2.24, 2.45) is 0 Å². The van der Waals surface area contributed by atoms with Gasteiger partial charge in [0, 0.05) is 17.3 Å². The number of nitrogens with zero attached hydrogens (tertiary/aromatic N) is 6. The molecule has 13 nitrogen and oxygen atoms in total. The Morgan fingerprint density at radius 3 is 2.37 bits per heavy atom. The van der Waals surface area contributed by atoms with Crippen LogP contribution in [-0.4, -0.2) is 76.0 Å². The fourth-order valence-electron chi connectivity index (χ4n) is 3.45. The molecule has 204 valence electrons. The summed E-state index contributed by atoms with van der Waals surface area (Å²) < 4.78 is 66.4. The third-order valence-corrected chi connectivity index (χ3v) is 5.39. The number of cyclic esters (lactones) is 1. The lowest BCUT2D eigenvalue weighted by atomic mass is 10.1. The van der Waals surface area contributed by atoms with Crippen molar-refractivity contribution in [1.29, 1.82) is 0 Å². The molecule has 0 radical (unpaired) electrons. The van der Waals surface area contributed by atoms with E-state index < -0.39 is 44.7 Å². The molecule has 0 bridgehead atoms. The van der Waals surface area contributed by atoms with Crippen LogP contribution in [0.15, 0.2) is 36.5 Å². The van der Waals surface area contributed by atoms with Crippen molar-refractivity contribution < 1.29 is 51.4 Å². The minimum absolute atomic E-state index is 0.00333. The molecule has 2 atom stereocenters. The number of benzene rings is 1. The van der Waals surface area contributed by atoms with E-state index in [1.807, 2.05) is 0 Å². The van der Waals surface area contributed by atoms with Gasteiger partial charge in [-0.1, -0.05) is 6.07 Å². The lowest BCUT2D eigenvalue weighted by molar-refractivity contribution is -0.224. The van der Waals surface area contributed by atoms with Crippen LogP contribution in [-0.2, 0) is 9.30 Å². The number of ether oxygens (including phenoxy) is 1. The van der Waals surface area contributed by atoms with Gasteiger partial charge in [-0.25, -0.2) is 13.8 Å². The molecule has 1 saturated carbocycles. The number of amides is 1. The molecule has 4 N–H and O–H groups in total. The summed E-state index contributed by atoms with van der Waals surface area (Å²) >= 11 is 0. The van der Waals surface area contributed by atoms with Gasteiger partial charge in [-0.3, -0.25) is 9.88 Å². The van der Waals surface area contributed by atoms with Gasteiger partial charge in [-0.15, -0.1) is 10.2 Å². The van der Waals surface area contributed by atoms with Crippen LogP contribution in [0.5, 0.6) is 0 Å². The number of halogens is 4. The standard InChI is InChI=1S/C20H16F4N6O3.H3O4P/c21-14-7-12(29-9-16(33-19(29)32)17(31)20(22,23)24)4-5-13(14)10-1-6-15(25-8-10)18-26-28-30(27-18)11-2-3-11;1-5(2,3)4/h1,4-8,11,16-17,31H,2-3,9H2;(H3,1,2,3,4)/t16-,17?;/m1./s1. The van der Waals surface area contributed by atoms with E-state index >= 15 is 0 Å². The first-order chi connectivity index (χ1) is 17.7. The van der Waals surface area contributed by atoms with E-state index in [1.54, 1.807) is 16.9 Å². The van der Waals surface area contributed by atoms with Crippen molar-refractivity contribution in [2.45, 2.75) is 37.3 Å². The monoisotopic (exact) mass is 562 g/mol. The molecular weight excluding hydrogens is 543 g/mol. The largest absolute Gasteiger partial charge is 0.466 e. The SMILES string of the molecule is O=C1O[C@@H](C(O)C(F)(F)F)CN1c1ccc(-c2ccc(-c3nnn(C4CC4)n3)nc2)c(F)c1.O=P(O)(O)O. The van der Waals surface area contributed by atoms with Gasteiger partial charge >= 0.3 is 20.1 Å². The van der Waals surface area contributed by atoms with Crippen molar-refractivity contribution in [2.75, 3.05) is 11.4 Å². The minimum Gasteiger partial charge on any atom is -0.441 e. The van der Waals surface area contributed by atoms with Gasteiger partial charge in [0.1, 0.15) is 11.5 Å². The van der Waals surface area contributed by atoms with Gasteiger partial charge in [0.25, 0.3) is 0 Å². The highest BCUT2D eigenvalue weighted by atomic mass is 31.2. The van der Waals surface area contributed by atoms with E-state index in [9.17, 15) is 27.5 Å². The highest BCUT2D eigenvalue weighted by Crippen LogP contribution is 2.34. The van der Waals surface area contributed by atoms with Crippen LogP contribution in [0.25, 0.3) is 22.6 Å². The summed E-state index contributed by atoms with van der Waals surface area (Å²) in [6, 6.07) is 7.28. The highest BCUT2D eigenvalue weighted by Gasteiger charge is 2.49. The first-order valence-corrected chi connectivity index (χ1v) is 12.3. The number of aliphatic hydroxyl groups excluding tert-OH is 1.